The molecule has 2 N–H and O–H groups in total. The van der Waals surface area contributed by atoms with Crippen molar-refractivity contribution in [3.05, 3.63) is 11.6 Å². The Bertz CT molecular complexity index is 563. The number of unbranched alkanes of at least 4 members (excludes halogenated alkanes) is 11. The molecule has 1 fully saturated rings. The minimum atomic E-state index is -0.859. The van der Waals surface area contributed by atoms with Gasteiger partial charge in [-0.25, -0.2) is 0 Å². The molecule has 0 amide bonds. The standard InChI is InChI=1S/C27H48O5S/c1-3-5-6-7-8-9-10-11-12-13-14-15-16-22-17-18-23(21-24(28)29)26(31)27(22)33-20-19-25(30)32-4-2/h16,23,26-27,31H,3-15,17-21H2,1-2H3,(H,28,29)/t23?,26?,27-/m1/s1. The van der Waals surface area contributed by atoms with Gasteiger partial charge in [-0.15, -0.1) is 0 Å². The number of carbonyl (C=O) groups excluding carboxylic acids is 1. The van der Waals surface area contributed by atoms with Gasteiger partial charge >= 0.3 is 11.9 Å². The summed E-state index contributed by atoms with van der Waals surface area (Å²) >= 11 is 1.57. The van der Waals surface area contributed by atoms with E-state index in [1.165, 1.54) is 69.8 Å². The van der Waals surface area contributed by atoms with E-state index in [1.807, 2.05) is 0 Å². The number of ether oxygens (including phenoxy) is 1. The van der Waals surface area contributed by atoms with Crippen LogP contribution in [0.4, 0.5) is 0 Å². The van der Waals surface area contributed by atoms with Crippen molar-refractivity contribution in [3.63, 3.8) is 0 Å². The molecule has 1 aliphatic rings. The second-order valence-corrected chi connectivity index (χ2v) is 10.6. The van der Waals surface area contributed by atoms with Crippen molar-refractivity contribution in [2.45, 2.75) is 128 Å². The van der Waals surface area contributed by atoms with Gasteiger partial charge in [0.2, 0.25) is 0 Å². The highest BCUT2D eigenvalue weighted by molar-refractivity contribution is 8.00. The zero-order valence-electron chi connectivity index (χ0n) is 21.1. The lowest BCUT2D eigenvalue weighted by Crippen LogP contribution is -2.38. The lowest BCUT2D eigenvalue weighted by molar-refractivity contribution is -0.142. The van der Waals surface area contributed by atoms with E-state index in [2.05, 4.69) is 13.0 Å². The first-order valence-corrected chi connectivity index (χ1v) is 14.4. The third kappa shape index (κ3) is 14.1. The maximum atomic E-state index is 11.7. The maximum Gasteiger partial charge on any atom is 0.306 e. The maximum absolute atomic E-state index is 11.7. The number of carboxylic acids is 1. The Balaban J connectivity index is 2.37. The number of rotatable bonds is 19. The van der Waals surface area contributed by atoms with Crippen LogP contribution in [-0.2, 0) is 14.3 Å². The zero-order valence-corrected chi connectivity index (χ0v) is 21.9. The molecule has 1 saturated carbocycles. The Labute approximate surface area is 206 Å². The third-order valence-electron chi connectivity index (χ3n) is 6.52. The molecule has 33 heavy (non-hydrogen) atoms. The number of hydrogen-bond acceptors (Lipinski definition) is 5. The van der Waals surface area contributed by atoms with Crippen molar-refractivity contribution in [1.82, 2.24) is 0 Å². The molecule has 0 aromatic carbocycles. The van der Waals surface area contributed by atoms with Gasteiger partial charge < -0.3 is 14.9 Å². The van der Waals surface area contributed by atoms with Crippen molar-refractivity contribution < 1.29 is 24.5 Å². The molecule has 1 rings (SSSR count). The molecule has 192 valence electrons. The quantitative estimate of drug-likeness (QED) is 0.118. The van der Waals surface area contributed by atoms with Crippen LogP contribution in [0.25, 0.3) is 0 Å². The summed E-state index contributed by atoms with van der Waals surface area (Å²) in [5, 5.41) is 19.9. The van der Waals surface area contributed by atoms with Gasteiger partial charge in [0, 0.05) is 5.75 Å². The molecule has 3 atom stereocenters. The van der Waals surface area contributed by atoms with Crippen LogP contribution in [0.2, 0.25) is 0 Å². The average molecular weight is 485 g/mol. The summed E-state index contributed by atoms with van der Waals surface area (Å²) in [5.41, 5.74) is 1.23. The number of thioether (sulfide) groups is 1. The number of carboxylic acid groups (broad SMARTS) is 1. The summed E-state index contributed by atoms with van der Waals surface area (Å²) in [7, 11) is 0. The Kier molecular flexibility index (Phi) is 17.6. The molecule has 0 spiro atoms. The fourth-order valence-corrected chi connectivity index (χ4v) is 5.99. The summed E-state index contributed by atoms with van der Waals surface area (Å²) in [6, 6.07) is 0. The molecule has 1 aliphatic carbocycles. The summed E-state index contributed by atoms with van der Waals surface area (Å²) in [4.78, 5) is 22.8. The van der Waals surface area contributed by atoms with Gasteiger partial charge in [-0.1, -0.05) is 82.8 Å². The molecule has 0 heterocycles. The van der Waals surface area contributed by atoms with E-state index >= 15 is 0 Å². The number of carbonyl (C=O) groups is 2. The highest BCUT2D eigenvalue weighted by atomic mass is 32.2. The van der Waals surface area contributed by atoms with Crippen LogP contribution in [-0.4, -0.2) is 45.9 Å². The fraction of sp³-hybridized carbons (Fsp3) is 0.852. The fourth-order valence-electron chi connectivity index (χ4n) is 4.60. The van der Waals surface area contributed by atoms with Crippen LogP contribution >= 0.6 is 11.8 Å². The van der Waals surface area contributed by atoms with Crippen LogP contribution in [0, 0.1) is 5.92 Å². The Morgan fingerprint density at radius 1 is 1.00 bits per heavy atom. The zero-order chi connectivity index (χ0) is 24.3. The molecule has 0 aliphatic heterocycles. The molecule has 2 unspecified atom stereocenters. The van der Waals surface area contributed by atoms with Crippen LogP contribution < -0.4 is 0 Å². The molecule has 0 aromatic heterocycles. The van der Waals surface area contributed by atoms with Gasteiger partial charge in [-0.05, 0) is 38.5 Å². The normalized spacial score (nSPS) is 21.9. The predicted molar refractivity (Wildman–Crippen MR) is 138 cm³/mol. The van der Waals surface area contributed by atoms with Gasteiger partial charge in [0.05, 0.1) is 30.8 Å². The van der Waals surface area contributed by atoms with Crippen LogP contribution in [0.5, 0.6) is 0 Å². The SMILES string of the molecule is CCCCCCCCCCCCCC=C1CCC(CC(=O)O)C(O)[C@@H]1SCCC(=O)OCC. The van der Waals surface area contributed by atoms with E-state index in [-0.39, 0.29) is 23.6 Å². The van der Waals surface area contributed by atoms with E-state index in [4.69, 9.17) is 4.74 Å². The first-order valence-electron chi connectivity index (χ1n) is 13.4. The smallest absolute Gasteiger partial charge is 0.306 e. The van der Waals surface area contributed by atoms with E-state index < -0.39 is 12.1 Å². The van der Waals surface area contributed by atoms with Crippen molar-refractivity contribution in [1.29, 1.82) is 0 Å². The summed E-state index contributed by atoms with van der Waals surface area (Å²) in [6.07, 6.45) is 19.1. The van der Waals surface area contributed by atoms with Gasteiger partial charge in [0.25, 0.3) is 0 Å². The lowest BCUT2D eigenvalue weighted by atomic mass is 9.80. The number of aliphatic carboxylic acids is 1. The predicted octanol–water partition coefficient (Wildman–Crippen LogP) is 6.91. The van der Waals surface area contributed by atoms with Gasteiger partial charge in [-0.2, -0.15) is 11.8 Å². The topological polar surface area (TPSA) is 83.8 Å². The van der Waals surface area contributed by atoms with Crippen LogP contribution in [0.1, 0.15) is 117 Å². The first-order chi connectivity index (χ1) is 16.0. The Morgan fingerprint density at radius 2 is 1.61 bits per heavy atom. The minimum absolute atomic E-state index is 0.00197. The van der Waals surface area contributed by atoms with Crippen molar-refractivity contribution in [2.75, 3.05) is 12.4 Å². The molecular formula is C27H48O5S. The number of hydrogen-bond donors (Lipinski definition) is 2. The summed E-state index contributed by atoms with van der Waals surface area (Å²) in [6.45, 7) is 4.43. The summed E-state index contributed by atoms with van der Waals surface area (Å²) < 4.78 is 5.00. The number of esters is 1. The van der Waals surface area contributed by atoms with Crippen molar-refractivity contribution in [2.24, 2.45) is 5.92 Å². The molecular weight excluding hydrogens is 436 g/mol. The third-order valence-corrected chi connectivity index (χ3v) is 7.90. The Morgan fingerprint density at radius 3 is 2.18 bits per heavy atom. The highest BCUT2D eigenvalue weighted by Crippen LogP contribution is 2.38. The van der Waals surface area contributed by atoms with Gasteiger partial charge in [-0.3, -0.25) is 9.59 Å². The van der Waals surface area contributed by atoms with Crippen molar-refractivity contribution >= 4 is 23.7 Å². The molecule has 0 bridgehead atoms. The molecule has 0 radical (unpaired) electrons. The average Bonchev–Trinajstić information content (AvgIpc) is 2.78. The first kappa shape index (κ1) is 30.0. The lowest BCUT2D eigenvalue weighted by Gasteiger charge is -2.36. The van der Waals surface area contributed by atoms with E-state index in [1.54, 1.807) is 18.7 Å². The molecule has 0 aromatic rings. The molecule has 6 heteroatoms. The van der Waals surface area contributed by atoms with E-state index in [0.717, 1.165) is 19.3 Å². The van der Waals surface area contributed by atoms with Gasteiger partial charge in [0.15, 0.2) is 0 Å². The second kappa shape index (κ2) is 19.3. The van der Waals surface area contributed by atoms with Crippen LogP contribution in [0.3, 0.4) is 0 Å². The minimum Gasteiger partial charge on any atom is -0.481 e. The van der Waals surface area contributed by atoms with E-state index in [9.17, 15) is 19.8 Å². The number of aliphatic hydroxyl groups is 1. The second-order valence-electron chi connectivity index (χ2n) is 9.34. The van der Waals surface area contributed by atoms with Crippen LogP contribution in [0.15, 0.2) is 11.6 Å². The summed E-state index contributed by atoms with van der Waals surface area (Å²) in [5.74, 6) is -0.718. The van der Waals surface area contributed by atoms with E-state index in [0.29, 0.717) is 25.2 Å². The highest BCUT2D eigenvalue weighted by Gasteiger charge is 2.36. The molecule has 5 nitrogen and oxygen atoms in total. The monoisotopic (exact) mass is 484 g/mol. The van der Waals surface area contributed by atoms with Crippen molar-refractivity contribution in [3.8, 4) is 0 Å². The Hall–Kier alpha value is -1.01. The number of allylic oxidation sites excluding steroid dienone is 1. The molecule has 0 saturated heterocycles. The largest absolute Gasteiger partial charge is 0.481 e. The number of aliphatic hydroxyl groups excluding tert-OH is 1. The van der Waals surface area contributed by atoms with Gasteiger partial charge in [0.1, 0.15) is 0 Å².